The van der Waals surface area contributed by atoms with Crippen molar-refractivity contribution >= 4 is 0 Å². The van der Waals surface area contributed by atoms with Gasteiger partial charge < -0.3 is 10.4 Å². The minimum absolute atomic E-state index is 0.158. The van der Waals surface area contributed by atoms with Crippen LogP contribution in [0.25, 0.3) is 0 Å². The van der Waals surface area contributed by atoms with Crippen LogP contribution in [0.5, 0.6) is 0 Å². The molecule has 0 amide bonds. The van der Waals surface area contributed by atoms with Crippen LogP contribution in [0.3, 0.4) is 0 Å². The maximum Gasteiger partial charge on any atom is 0.0610 e. The maximum atomic E-state index is 9.23. The summed E-state index contributed by atoms with van der Waals surface area (Å²) >= 11 is 0. The quantitative estimate of drug-likeness (QED) is 0.742. The van der Waals surface area contributed by atoms with Gasteiger partial charge in [-0.2, -0.15) is 5.10 Å². The number of aryl methyl sites for hydroxylation is 1. The second kappa shape index (κ2) is 5.28. The first kappa shape index (κ1) is 12.2. The summed E-state index contributed by atoms with van der Waals surface area (Å²) in [5.41, 5.74) is 0.971. The molecule has 0 aliphatic carbocycles. The summed E-state index contributed by atoms with van der Waals surface area (Å²) in [6.45, 7) is 7.96. The van der Waals surface area contributed by atoms with E-state index in [4.69, 9.17) is 0 Å². The van der Waals surface area contributed by atoms with E-state index in [1.54, 1.807) is 0 Å². The average Bonchev–Trinajstić information content (AvgIpc) is 2.74. The zero-order valence-electron chi connectivity index (χ0n) is 9.82. The monoisotopic (exact) mass is 211 g/mol. The molecule has 2 N–H and O–H groups in total. The number of hydrogen-bond donors (Lipinski definition) is 2. The van der Waals surface area contributed by atoms with E-state index in [-0.39, 0.29) is 12.1 Å². The molecule has 0 bridgehead atoms. The first-order valence-electron chi connectivity index (χ1n) is 5.50. The molecule has 1 unspecified atom stereocenters. The molecule has 0 aliphatic heterocycles. The van der Waals surface area contributed by atoms with Gasteiger partial charge in [0.25, 0.3) is 0 Å². The van der Waals surface area contributed by atoms with Gasteiger partial charge in [0.15, 0.2) is 0 Å². The molecule has 86 valence electrons. The topological polar surface area (TPSA) is 50.1 Å². The molecule has 0 saturated heterocycles. The number of nitrogens with zero attached hydrogens (tertiary/aromatic N) is 2. The van der Waals surface area contributed by atoms with E-state index < -0.39 is 0 Å². The summed E-state index contributed by atoms with van der Waals surface area (Å²) in [5, 5.41) is 16.8. The van der Waals surface area contributed by atoms with Crippen molar-refractivity contribution in [1.29, 1.82) is 0 Å². The molecule has 1 aromatic heterocycles. The van der Waals surface area contributed by atoms with Crippen molar-refractivity contribution in [2.24, 2.45) is 0 Å². The Bertz CT molecular complexity index is 292. The first-order valence-corrected chi connectivity index (χ1v) is 5.50. The van der Waals surface area contributed by atoms with Crippen LogP contribution in [0.4, 0.5) is 0 Å². The fraction of sp³-hybridized carbons (Fsp3) is 0.727. The molecule has 0 radical (unpaired) electrons. The van der Waals surface area contributed by atoms with Crippen LogP contribution in [-0.4, -0.2) is 27.0 Å². The summed E-state index contributed by atoms with van der Waals surface area (Å²) in [6, 6.07) is 0. The van der Waals surface area contributed by atoms with Crippen LogP contribution >= 0.6 is 0 Å². The lowest BCUT2D eigenvalue weighted by Crippen LogP contribution is -2.44. The molecule has 4 heteroatoms. The third kappa shape index (κ3) is 3.32. The Hall–Kier alpha value is -0.870. The van der Waals surface area contributed by atoms with Crippen molar-refractivity contribution in [2.45, 2.75) is 45.8 Å². The number of nitrogens with one attached hydrogen (secondary N) is 1. The van der Waals surface area contributed by atoms with Crippen LogP contribution in [0.2, 0.25) is 0 Å². The largest absolute Gasteiger partial charge is 0.394 e. The molecule has 15 heavy (non-hydrogen) atoms. The van der Waals surface area contributed by atoms with Gasteiger partial charge in [-0.15, -0.1) is 0 Å². The Morgan fingerprint density at radius 1 is 1.53 bits per heavy atom. The Labute approximate surface area is 91.3 Å². The first-order chi connectivity index (χ1) is 7.13. The molecule has 1 aromatic rings. The highest BCUT2D eigenvalue weighted by Gasteiger charge is 2.19. The molecule has 1 heterocycles. The zero-order valence-corrected chi connectivity index (χ0v) is 9.82. The molecule has 0 saturated carbocycles. The van der Waals surface area contributed by atoms with Gasteiger partial charge in [0, 0.05) is 30.4 Å². The highest BCUT2D eigenvalue weighted by Crippen LogP contribution is 2.09. The molecule has 0 aliphatic rings. The second-order valence-corrected chi connectivity index (χ2v) is 4.13. The molecule has 4 nitrogen and oxygen atoms in total. The van der Waals surface area contributed by atoms with E-state index in [2.05, 4.69) is 24.3 Å². The standard InChI is InChI=1S/C11H21N3O/c1-4-11(3,9-15)12-6-10-7-13-14(5-2)8-10/h7-8,12,15H,4-6,9H2,1-3H3. The minimum atomic E-state index is -0.186. The van der Waals surface area contributed by atoms with Crippen molar-refractivity contribution < 1.29 is 5.11 Å². The van der Waals surface area contributed by atoms with Crippen molar-refractivity contribution in [3.63, 3.8) is 0 Å². The van der Waals surface area contributed by atoms with E-state index in [1.807, 2.05) is 24.0 Å². The van der Waals surface area contributed by atoms with Crippen molar-refractivity contribution in [3.05, 3.63) is 18.0 Å². The molecular weight excluding hydrogens is 190 g/mol. The average molecular weight is 211 g/mol. The van der Waals surface area contributed by atoms with Gasteiger partial charge in [0.05, 0.1) is 12.8 Å². The smallest absolute Gasteiger partial charge is 0.0610 e. The second-order valence-electron chi connectivity index (χ2n) is 4.13. The number of aromatic nitrogens is 2. The summed E-state index contributed by atoms with van der Waals surface area (Å²) in [6.07, 6.45) is 4.80. The fourth-order valence-corrected chi connectivity index (χ4v) is 1.28. The Morgan fingerprint density at radius 2 is 2.27 bits per heavy atom. The van der Waals surface area contributed by atoms with Gasteiger partial charge in [-0.3, -0.25) is 4.68 Å². The molecular formula is C11H21N3O. The lowest BCUT2D eigenvalue weighted by atomic mass is 10.0. The Balaban J connectivity index is 2.49. The van der Waals surface area contributed by atoms with Gasteiger partial charge >= 0.3 is 0 Å². The van der Waals surface area contributed by atoms with E-state index in [9.17, 15) is 5.11 Å². The van der Waals surface area contributed by atoms with E-state index in [0.717, 1.165) is 25.1 Å². The fourth-order valence-electron chi connectivity index (χ4n) is 1.28. The molecule has 1 atom stereocenters. The summed E-state index contributed by atoms with van der Waals surface area (Å²) in [5.74, 6) is 0. The van der Waals surface area contributed by atoms with Gasteiger partial charge in [0.1, 0.15) is 0 Å². The van der Waals surface area contributed by atoms with E-state index in [1.165, 1.54) is 0 Å². The lowest BCUT2D eigenvalue weighted by molar-refractivity contribution is 0.169. The zero-order chi connectivity index (χ0) is 11.3. The Morgan fingerprint density at radius 3 is 2.73 bits per heavy atom. The third-order valence-electron chi connectivity index (χ3n) is 2.86. The maximum absolute atomic E-state index is 9.23. The highest BCUT2D eigenvalue weighted by molar-refractivity contribution is 5.04. The number of hydrogen-bond acceptors (Lipinski definition) is 3. The Kier molecular flexibility index (Phi) is 4.29. The number of rotatable bonds is 6. The van der Waals surface area contributed by atoms with Crippen LogP contribution in [-0.2, 0) is 13.1 Å². The minimum Gasteiger partial charge on any atom is -0.394 e. The van der Waals surface area contributed by atoms with Gasteiger partial charge in [-0.05, 0) is 20.3 Å². The van der Waals surface area contributed by atoms with Crippen LogP contribution in [0.1, 0.15) is 32.8 Å². The summed E-state index contributed by atoms with van der Waals surface area (Å²) < 4.78 is 1.90. The van der Waals surface area contributed by atoms with Crippen LogP contribution < -0.4 is 5.32 Å². The number of aliphatic hydroxyl groups is 1. The molecule has 0 spiro atoms. The van der Waals surface area contributed by atoms with Crippen LogP contribution in [0.15, 0.2) is 12.4 Å². The lowest BCUT2D eigenvalue weighted by Gasteiger charge is -2.26. The van der Waals surface area contributed by atoms with Gasteiger partial charge in [-0.1, -0.05) is 6.92 Å². The summed E-state index contributed by atoms with van der Waals surface area (Å²) in [4.78, 5) is 0. The molecule has 0 fully saturated rings. The normalized spacial score (nSPS) is 15.2. The van der Waals surface area contributed by atoms with Crippen molar-refractivity contribution in [3.8, 4) is 0 Å². The predicted molar refractivity (Wildman–Crippen MR) is 60.5 cm³/mol. The third-order valence-corrected chi connectivity index (χ3v) is 2.86. The van der Waals surface area contributed by atoms with Crippen molar-refractivity contribution in [2.75, 3.05) is 6.61 Å². The predicted octanol–water partition coefficient (Wildman–Crippen LogP) is 1.15. The summed E-state index contributed by atoms with van der Waals surface area (Å²) in [7, 11) is 0. The van der Waals surface area contributed by atoms with E-state index in [0.29, 0.717) is 0 Å². The number of aliphatic hydroxyl groups excluding tert-OH is 1. The van der Waals surface area contributed by atoms with E-state index >= 15 is 0 Å². The molecule has 0 aromatic carbocycles. The van der Waals surface area contributed by atoms with Gasteiger partial charge in [-0.25, -0.2) is 0 Å². The van der Waals surface area contributed by atoms with Crippen LogP contribution in [0, 0.1) is 0 Å². The molecule has 1 rings (SSSR count). The van der Waals surface area contributed by atoms with Crippen molar-refractivity contribution in [1.82, 2.24) is 15.1 Å². The SMILES string of the molecule is CCn1cc(CNC(C)(CC)CO)cn1. The van der Waals surface area contributed by atoms with Gasteiger partial charge in [0.2, 0.25) is 0 Å². The highest BCUT2D eigenvalue weighted by atomic mass is 16.3.